The molecule has 78 valence electrons. The molecular weight excluding hydrogens is 198 g/mol. The van der Waals surface area contributed by atoms with Crippen molar-refractivity contribution in [2.75, 3.05) is 5.32 Å². The van der Waals surface area contributed by atoms with Crippen LogP contribution in [-0.2, 0) is 9.59 Å². The van der Waals surface area contributed by atoms with E-state index in [9.17, 15) is 9.59 Å². The Morgan fingerprint density at radius 3 is 2.60 bits per heavy atom. The number of phenolic OH excluding ortho intramolecular Hbond substituents is 1. The van der Waals surface area contributed by atoms with Crippen molar-refractivity contribution in [3.05, 3.63) is 36.4 Å². The minimum absolute atomic E-state index is 0.0232. The normalized spacial score (nSPS) is 10.1. The minimum atomic E-state index is -1.19. The largest absolute Gasteiger partial charge is 0.508 e. The summed E-state index contributed by atoms with van der Waals surface area (Å²) in [5.74, 6) is -1.74. The molecule has 1 amide bonds. The molecular formula is C10H9NO4. The van der Waals surface area contributed by atoms with Crippen molar-refractivity contribution in [3.8, 4) is 5.75 Å². The number of amides is 1. The van der Waals surface area contributed by atoms with Gasteiger partial charge in [0.25, 0.3) is 0 Å². The highest BCUT2D eigenvalue weighted by Crippen LogP contribution is 2.14. The quantitative estimate of drug-likeness (QED) is 0.644. The van der Waals surface area contributed by atoms with E-state index < -0.39 is 11.9 Å². The van der Waals surface area contributed by atoms with Gasteiger partial charge in [0.05, 0.1) is 0 Å². The van der Waals surface area contributed by atoms with Gasteiger partial charge >= 0.3 is 5.97 Å². The van der Waals surface area contributed by atoms with Crippen LogP contribution in [0.2, 0.25) is 0 Å². The third kappa shape index (κ3) is 3.95. The third-order valence-corrected chi connectivity index (χ3v) is 1.49. The van der Waals surface area contributed by atoms with Crippen molar-refractivity contribution in [1.29, 1.82) is 0 Å². The summed E-state index contributed by atoms with van der Waals surface area (Å²) in [5, 5.41) is 19.7. The number of benzene rings is 1. The first-order valence-corrected chi connectivity index (χ1v) is 4.09. The van der Waals surface area contributed by atoms with Gasteiger partial charge in [0.1, 0.15) is 5.75 Å². The lowest BCUT2D eigenvalue weighted by Gasteiger charge is -2.01. The molecule has 3 N–H and O–H groups in total. The molecule has 0 aromatic heterocycles. The lowest BCUT2D eigenvalue weighted by molar-refractivity contribution is -0.131. The molecule has 5 heteroatoms. The number of nitrogens with one attached hydrogen (secondary N) is 1. The zero-order chi connectivity index (χ0) is 11.3. The maximum atomic E-state index is 11.1. The van der Waals surface area contributed by atoms with Gasteiger partial charge in [0, 0.05) is 23.9 Å². The van der Waals surface area contributed by atoms with Crippen molar-refractivity contribution >= 4 is 17.6 Å². The summed E-state index contributed by atoms with van der Waals surface area (Å²) in [5.41, 5.74) is 0.398. The first-order chi connectivity index (χ1) is 7.08. The number of carbonyl (C=O) groups excluding carboxylic acids is 1. The fourth-order valence-corrected chi connectivity index (χ4v) is 0.915. The Kier molecular flexibility index (Phi) is 3.45. The molecule has 0 fully saturated rings. The van der Waals surface area contributed by atoms with Crippen LogP contribution in [0.15, 0.2) is 36.4 Å². The highest BCUT2D eigenvalue weighted by Gasteiger charge is 1.99. The molecule has 1 rings (SSSR count). The second-order valence-electron chi connectivity index (χ2n) is 2.71. The summed E-state index contributed by atoms with van der Waals surface area (Å²) >= 11 is 0. The summed E-state index contributed by atoms with van der Waals surface area (Å²) in [6.07, 6.45) is 1.63. The smallest absolute Gasteiger partial charge is 0.328 e. The van der Waals surface area contributed by atoms with Crippen LogP contribution >= 0.6 is 0 Å². The highest BCUT2D eigenvalue weighted by atomic mass is 16.4. The fraction of sp³-hybridized carbons (Fsp3) is 0. The van der Waals surface area contributed by atoms with E-state index in [1.54, 1.807) is 12.1 Å². The van der Waals surface area contributed by atoms with E-state index in [1.165, 1.54) is 12.1 Å². The molecule has 0 aliphatic rings. The zero-order valence-corrected chi connectivity index (χ0v) is 7.68. The maximum absolute atomic E-state index is 11.1. The second kappa shape index (κ2) is 4.80. The second-order valence-corrected chi connectivity index (χ2v) is 2.71. The van der Waals surface area contributed by atoms with Crippen molar-refractivity contribution < 1.29 is 19.8 Å². The van der Waals surface area contributed by atoms with E-state index in [2.05, 4.69) is 5.32 Å². The van der Waals surface area contributed by atoms with Crippen LogP contribution in [-0.4, -0.2) is 22.1 Å². The summed E-state index contributed by atoms with van der Waals surface area (Å²) < 4.78 is 0. The van der Waals surface area contributed by atoms with Crippen LogP contribution in [0.3, 0.4) is 0 Å². The van der Waals surface area contributed by atoms with E-state index in [4.69, 9.17) is 10.2 Å². The predicted molar refractivity (Wildman–Crippen MR) is 53.5 cm³/mol. The number of aliphatic carboxylic acids is 1. The van der Waals surface area contributed by atoms with Gasteiger partial charge in [-0.1, -0.05) is 6.07 Å². The van der Waals surface area contributed by atoms with E-state index >= 15 is 0 Å². The van der Waals surface area contributed by atoms with Crippen molar-refractivity contribution in [2.45, 2.75) is 0 Å². The highest BCUT2D eigenvalue weighted by molar-refractivity contribution is 6.02. The number of rotatable bonds is 3. The number of phenols is 1. The van der Waals surface area contributed by atoms with Crippen LogP contribution < -0.4 is 5.32 Å². The number of carbonyl (C=O) groups is 2. The Bertz CT molecular complexity index is 412. The van der Waals surface area contributed by atoms with Crippen LogP contribution in [0, 0.1) is 0 Å². The SMILES string of the molecule is O=C(O)C=CC(=O)Nc1cccc(O)c1. The molecule has 0 saturated heterocycles. The maximum Gasteiger partial charge on any atom is 0.328 e. The Morgan fingerprint density at radius 2 is 2.00 bits per heavy atom. The van der Waals surface area contributed by atoms with Gasteiger partial charge in [-0.25, -0.2) is 4.79 Å². The monoisotopic (exact) mass is 207 g/mol. The Balaban J connectivity index is 2.63. The summed E-state index contributed by atoms with van der Waals surface area (Å²) in [6.45, 7) is 0. The van der Waals surface area contributed by atoms with Crippen molar-refractivity contribution in [1.82, 2.24) is 0 Å². The molecule has 0 heterocycles. The van der Waals surface area contributed by atoms with E-state index in [1.807, 2.05) is 0 Å². The average Bonchev–Trinajstić information content (AvgIpc) is 2.15. The standard InChI is InChI=1S/C10H9NO4/c12-8-3-1-2-7(6-8)11-9(13)4-5-10(14)15/h1-6,12H,(H,11,13)(H,14,15). The molecule has 0 spiro atoms. The lowest BCUT2D eigenvalue weighted by Crippen LogP contribution is -2.08. The number of anilines is 1. The van der Waals surface area contributed by atoms with E-state index in [0.717, 1.165) is 12.2 Å². The van der Waals surface area contributed by atoms with Gasteiger partial charge in [-0.3, -0.25) is 4.79 Å². The number of hydrogen-bond donors (Lipinski definition) is 3. The first kappa shape index (κ1) is 10.8. The van der Waals surface area contributed by atoms with Crippen LogP contribution in [0.5, 0.6) is 5.75 Å². The minimum Gasteiger partial charge on any atom is -0.508 e. The molecule has 5 nitrogen and oxygen atoms in total. The van der Waals surface area contributed by atoms with Gasteiger partial charge in [-0.05, 0) is 12.1 Å². The Hall–Kier alpha value is -2.30. The van der Waals surface area contributed by atoms with Crippen molar-refractivity contribution in [2.24, 2.45) is 0 Å². The Morgan fingerprint density at radius 1 is 1.27 bits per heavy atom. The number of carboxylic acids is 1. The molecule has 0 unspecified atom stereocenters. The van der Waals surface area contributed by atoms with Crippen molar-refractivity contribution in [3.63, 3.8) is 0 Å². The summed E-state index contributed by atoms with van der Waals surface area (Å²) in [6, 6.07) is 5.95. The van der Waals surface area contributed by atoms with E-state index in [-0.39, 0.29) is 5.75 Å². The topological polar surface area (TPSA) is 86.6 Å². The van der Waals surface area contributed by atoms with Gasteiger partial charge in [0.2, 0.25) is 5.91 Å². The van der Waals surface area contributed by atoms with Gasteiger partial charge in [-0.15, -0.1) is 0 Å². The number of hydrogen-bond acceptors (Lipinski definition) is 3. The van der Waals surface area contributed by atoms with Crippen LogP contribution in [0.1, 0.15) is 0 Å². The van der Waals surface area contributed by atoms with Gasteiger partial charge < -0.3 is 15.5 Å². The molecule has 0 aliphatic heterocycles. The zero-order valence-electron chi connectivity index (χ0n) is 7.68. The van der Waals surface area contributed by atoms with Crippen LogP contribution in [0.4, 0.5) is 5.69 Å². The Labute approximate surface area is 85.7 Å². The molecule has 0 bridgehead atoms. The molecule has 15 heavy (non-hydrogen) atoms. The molecule has 0 saturated carbocycles. The predicted octanol–water partition coefficient (Wildman–Crippen LogP) is 0.971. The van der Waals surface area contributed by atoms with Gasteiger partial charge in [-0.2, -0.15) is 0 Å². The molecule has 1 aromatic carbocycles. The molecule has 1 aromatic rings. The van der Waals surface area contributed by atoms with E-state index in [0.29, 0.717) is 5.69 Å². The number of aromatic hydroxyl groups is 1. The average molecular weight is 207 g/mol. The first-order valence-electron chi connectivity index (χ1n) is 4.09. The fourth-order valence-electron chi connectivity index (χ4n) is 0.915. The van der Waals surface area contributed by atoms with Crippen LogP contribution in [0.25, 0.3) is 0 Å². The number of carboxylic acid groups (broad SMARTS) is 1. The summed E-state index contributed by atoms with van der Waals surface area (Å²) in [7, 11) is 0. The lowest BCUT2D eigenvalue weighted by atomic mass is 10.3. The van der Waals surface area contributed by atoms with Gasteiger partial charge in [0.15, 0.2) is 0 Å². The third-order valence-electron chi connectivity index (χ3n) is 1.49. The molecule has 0 atom stereocenters. The summed E-state index contributed by atoms with van der Waals surface area (Å²) in [4.78, 5) is 21.2. The molecule has 0 radical (unpaired) electrons. The molecule has 0 aliphatic carbocycles.